The first-order valence-corrected chi connectivity index (χ1v) is 10.5. The maximum absolute atomic E-state index is 13.5. The van der Waals surface area contributed by atoms with Crippen molar-refractivity contribution in [3.63, 3.8) is 0 Å². The monoisotopic (exact) mass is 423 g/mol. The van der Waals surface area contributed by atoms with Gasteiger partial charge < -0.3 is 10.5 Å². The van der Waals surface area contributed by atoms with E-state index >= 15 is 0 Å². The number of fused-ring (bicyclic) bond motifs is 1. The number of imidazole rings is 1. The van der Waals surface area contributed by atoms with Crippen LogP contribution in [-0.2, 0) is 11.3 Å². The minimum Gasteiger partial charge on any atom is -0.481 e. The molecule has 1 heterocycles. The number of carboxylic acids is 1. The molecule has 4 rings (SSSR count). The highest BCUT2D eigenvalue weighted by Gasteiger charge is 2.36. The fourth-order valence-corrected chi connectivity index (χ4v) is 4.92. The van der Waals surface area contributed by atoms with E-state index < -0.39 is 5.97 Å². The molecule has 156 valence electrons. The molecular formula is C23H25N3O3S. The molecule has 1 atom stereocenters. The highest BCUT2D eigenvalue weighted by atomic mass is 32.1. The Bertz CT molecular complexity index is 1200. The number of hydrogen-bond acceptors (Lipinski definition) is 4. The second-order valence-corrected chi connectivity index (χ2v) is 8.67. The number of aromatic nitrogens is 2. The molecule has 2 aromatic carbocycles. The number of nitrogens with one attached hydrogen (secondary N) is 1. The zero-order valence-corrected chi connectivity index (χ0v) is 17.9. The second-order valence-electron chi connectivity index (χ2n) is 8.18. The van der Waals surface area contributed by atoms with Crippen molar-refractivity contribution in [3.05, 3.63) is 63.6 Å². The van der Waals surface area contributed by atoms with Gasteiger partial charge in [0.15, 0.2) is 0 Å². The lowest BCUT2D eigenvalue weighted by atomic mass is 10.0. The van der Waals surface area contributed by atoms with Crippen LogP contribution < -0.4 is 5.69 Å². The Morgan fingerprint density at radius 3 is 2.50 bits per heavy atom. The summed E-state index contributed by atoms with van der Waals surface area (Å²) in [5, 5.41) is 18.1. The summed E-state index contributed by atoms with van der Waals surface area (Å²) in [6, 6.07) is 11.0. The van der Waals surface area contributed by atoms with Crippen molar-refractivity contribution in [1.82, 2.24) is 9.13 Å². The van der Waals surface area contributed by atoms with Gasteiger partial charge in [-0.05, 0) is 61.9 Å². The topological polar surface area (TPSA) is 88.1 Å². The average Bonchev–Trinajstić information content (AvgIpc) is 3.46. The third-order valence-electron chi connectivity index (χ3n) is 5.83. The SMILES string of the molecule is Cc1cc(C)c(C(=N)Cn2c(=O)n(C(CC(=O)O)C3CC3)c3ccccc32)c(S)c1. The highest BCUT2D eigenvalue weighted by Crippen LogP contribution is 2.42. The summed E-state index contributed by atoms with van der Waals surface area (Å²) in [6.45, 7) is 4.03. The van der Waals surface area contributed by atoms with Crippen LogP contribution in [0.4, 0.5) is 0 Å². The molecule has 30 heavy (non-hydrogen) atoms. The molecule has 3 aromatic rings. The molecule has 2 N–H and O–H groups in total. The summed E-state index contributed by atoms with van der Waals surface area (Å²) >= 11 is 4.55. The standard InChI is InChI=1S/C23H25N3O3S/c1-13-9-14(2)22(20(30)10-13)16(24)12-25-17-5-3-4-6-18(17)26(23(25)29)19(11-21(27)28)15-7-8-15/h3-6,9-10,15,19,24,30H,7-8,11-12H2,1-2H3,(H,27,28). The van der Waals surface area contributed by atoms with Gasteiger partial charge in [-0.25, -0.2) is 4.79 Å². The molecular weight excluding hydrogens is 398 g/mol. The van der Waals surface area contributed by atoms with Gasteiger partial charge in [0.25, 0.3) is 0 Å². The minimum absolute atomic E-state index is 0.0755. The lowest BCUT2D eigenvalue weighted by molar-refractivity contribution is -0.138. The van der Waals surface area contributed by atoms with Crippen LogP contribution in [0.3, 0.4) is 0 Å². The van der Waals surface area contributed by atoms with Crippen LogP contribution in [0.15, 0.2) is 46.1 Å². The van der Waals surface area contributed by atoms with Gasteiger partial charge in [0.2, 0.25) is 0 Å². The molecule has 0 bridgehead atoms. The van der Waals surface area contributed by atoms with Crippen molar-refractivity contribution in [2.24, 2.45) is 5.92 Å². The summed E-state index contributed by atoms with van der Waals surface area (Å²) in [7, 11) is 0. The normalized spacial score (nSPS) is 14.8. The molecule has 0 saturated heterocycles. The van der Waals surface area contributed by atoms with Crippen LogP contribution in [0.1, 0.15) is 42.0 Å². The Morgan fingerprint density at radius 1 is 1.23 bits per heavy atom. The lowest BCUT2D eigenvalue weighted by Crippen LogP contribution is -2.31. The molecule has 1 aliphatic rings. The summed E-state index contributed by atoms with van der Waals surface area (Å²) in [6.07, 6.45) is 1.80. The Morgan fingerprint density at radius 2 is 1.90 bits per heavy atom. The number of rotatable bonds is 7. The Balaban J connectivity index is 1.81. The van der Waals surface area contributed by atoms with Crippen molar-refractivity contribution < 1.29 is 9.90 Å². The van der Waals surface area contributed by atoms with Crippen molar-refractivity contribution in [2.75, 3.05) is 0 Å². The van der Waals surface area contributed by atoms with Crippen molar-refractivity contribution in [1.29, 1.82) is 5.41 Å². The predicted octanol–water partition coefficient (Wildman–Crippen LogP) is 4.20. The van der Waals surface area contributed by atoms with Gasteiger partial charge in [-0.1, -0.05) is 18.2 Å². The van der Waals surface area contributed by atoms with Gasteiger partial charge in [0.1, 0.15) is 0 Å². The molecule has 1 aliphatic carbocycles. The third-order valence-corrected chi connectivity index (χ3v) is 6.18. The molecule has 1 aromatic heterocycles. The smallest absolute Gasteiger partial charge is 0.329 e. The van der Waals surface area contributed by atoms with Crippen molar-refractivity contribution >= 4 is 35.3 Å². The zero-order valence-electron chi connectivity index (χ0n) is 17.1. The average molecular weight is 424 g/mol. The number of thiol groups is 1. The Kier molecular flexibility index (Phi) is 5.32. The van der Waals surface area contributed by atoms with Gasteiger partial charge >= 0.3 is 11.7 Å². The first-order valence-electron chi connectivity index (χ1n) is 10.1. The first-order chi connectivity index (χ1) is 14.3. The number of carbonyl (C=O) groups is 1. The molecule has 7 heteroatoms. The van der Waals surface area contributed by atoms with Gasteiger partial charge in [-0.3, -0.25) is 13.9 Å². The molecule has 0 radical (unpaired) electrons. The van der Waals surface area contributed by atoms with Crippen molar-refractivity contribution in [3.8, 4) is 0 Å². The Hall–Kier alpha value is -2.80. The van der Waals surface area contributed by atoms with E-state index in [2.05, 4.69) is 12.6 Å². The van der Waals surface area contributed by atoms with Crippen LogP contribution in [0.25, 0.3) is 11.0 Å². The van der Waals surface area contributed by atoms with E-state index in [0.29, 0.717) is 11.2 Å². The minimum atomic E-state index is -0.904. The summed E-state index contributed by atoms with van der Waals surface area (Å²) in [4.78, 5) is 25.6. The molecule has 0 amide bonds. The quantitative estimate of drug-likeness (QED) is 0.393. The molecule has 1 unspecified atom stereocenters. The molecule has 1 saturated carbocycles. The number of benzene rings is 2. The highest BCUT2D eigenvalue weighted by molar-refractivity contribution is 7.80. The maximum atomic E-state index is 13.5. The third kappa shape index (κ3) is 3.69. The van der Waals surface area contributed by atoms with Crippen LogP contribution in [0, 0.1) is 25.2 Å². The van der Waals surface area contributed by atoms with E-state index in [1.165, 1.54) is 0 Å². The largest absolute Gasteiger partial charge is 0.481 e. The maximum Gasteiger partial charge on any atom is 0.329 e. The predicted molar refractivity (Wildman–Crippen MR) is 120 cm³/mol. The Labute approximate surface area is 180 Å². The second kappa shape index (κ2) is 7.80. The van der Waals surface area contributed by atoms with Crippen LogP contribution in [-0.4, -0.2) is 25.9 Å². The summed E-state index contributed by atoms with van der Waals surface area (Å²) in [5.74, 6) is -0.695. The zero-order chi connectivity index (χ0) is 21.6. The first kappa shape index (κ1) is 20.5. The van der Waals surface area contributed by atoms with Crippen molar-refractivity contribution in [2.45, 2.75) is 50.6 Å². The van der Waals surface area contributed by atoms with Gasteiger partial charge in [0.05, 0.1) is 35.8 Å². The van der Waals surface area contributed by atoms with E-state index in [1.54, 1.807) is 9.13 Å². The molecule has 1 fully saturated rings. The summed E-state index contributed by atoms with van der Waals surface area (Å²) < 4.78 is 3.22. The summed E-state index contributed by atoms with van der Waals surface area (Å²) in [5.41, 5.74) is 4.24. The van der Waals surface area contributed by atoms with Gasteiger partial charge in [-0.15, -0.1) is 12.6 Å². The van der Waals surface area contributed by atoms with Crippen LogP contribution >= 0.6 is 12.6 Å². The molecule has 0 spiro atoms. The van der Waals surface area contributed by atoms with Gasteiger partial charge in [0, 0.05) is 10.5 Å². The number of hydrogen-bond donors (Lipinski definition) is 3. The number of aliphatic carboxylic acids is 1. The van der Waals surface area contributed by atoms with E-state index in [4.69, 9.17) is 5.41 Å². The fraction of sp³-hybridized carbons (Fsp3) is 0.348. The van der Waals surface area contributed by atoms with Crippen LogP contribution in [0.5, 0.6) is 0 Å². The van der Waals surface area contributed by atoms with E-state index in [1.807, 2.05) is 50.2 Å². The van der Waals surface area contributed by atoms with E-state index in [0.717, 1.165) is 39.9 Å². The fourth-order valence-electron chi connectivity index (χ4n) is 4.41. The molecule has 0 aliphatic heterocycles. The molecule has 6 nitrogen and oxygen atoms in total. The number of para-hydroxylation sites is 2. The lowest BCUT2D eigenvalue weighted by Gasteiger charge is -2.16. The van der Waals surface area contributed by atoms with E-state index in [9.17, 15) is 14.7 Å². The number of aryl methyl sites for hydroxylation is 2. The van der Waals surface area contributed by atoms with E-state index in [-0.39, 0.29) is 30.6 Å². The number of carboxylic acid groups (broad SMARTS) is 1. The number of nitrogens with zero attached hydrogens (tertiary/aromatic N) is 2. The van der Waals surface area contributed by atoms with Gasteiger partial charge in [-0.2, -0.15) is 0 Å². The van der Waals surface area contributed by atoms with Crippen LogP contribution in [0.2, 0.25) is 0 Å².